The van der Waals surface area contributed by atoms with Gasteiger partial charge in [0.25, 0.3) is 0 Å². The van der Waals surface area contributed by atoms with Crippen molar-refractivity contribution in [1.29, 1.82) is 0 Å². The molecule has 0 aliphatic carbocycles. The third kappa shape index (κ3) is 2.44. The zero-order valence-corrected chi connectivity index (χ0v) is 12.2. The van der Waals surface area contributed by atoms with E-state index in [2.05, 4.69) is 43.4 Å². The molecule has 2 heterocycles. The van der Waals surface area contributed by atoms with Crippen LogP contribution in [-0.2, 0) is 0 Å². The molecule has 0 saturated carbocycles. The van der Waals surface area contributed by atoms with E-state index in [4.69, 9.17) is 17.4 Å². The molecular weight excluding hydrogens is 268 g/mol. The molecule has 3 N–H and O–H groups in total. The summed E-state index contributed by atoms with van der Waals surface area (Å²) in [7, 11) is 0. The number of rotatable bonds is 4. The maximum atomic E-state index is 6.24. The summed E-state index contributed by atoms with van der Waals surface area (Å²) in [6.07, 6.45) is 1.67. The lowest BCUT2D eigenvalue weighted by molar-refractivity contribution is 0.478. The van der Waals surface area contributed by atoms with Gasteiger partial charge in [0.15, 0.2) is 0 Å². The summed E-state index contributed by atoms with van der Waals surface area (Å²) in [5.41, 5.74) is 3.75. The fraction of sp³-hybridized carbons (Fsp3) is 0.417. The van der Waals surface area contributed by atoms with Gasteiger partial charge in [-0.25, -0.2) is 5.43 Å². The molecule has 6 heteroatoms. The predicted molar refractivity (Wildman–Crippen MR) is 75.8 cm³/mol. The van der Waals surface area contributed by atoms with Crippen LogP contribution in [-0.4, -0.2) is 9.78 Å². The highest BCUT2D eigenvalue weighted by Gasteiger charge is 2.23. The normalized spacial score (nSPS) is 13.2. The maximum absolute atomic E-state index is 6.24. The zero-order valence-electron chi connectivity index (χ0n) is 10.6. The van der Waals surface area contributed by atoms with Crippen LogP contribution in [0.25, 0.3) is 0 Å². The van der Waals surface area contributed by atoms with Gasteiger partial charge in [0, 0.05) is 15.8 Å². The molecule has 2 aromatic heterocycles. The fourth-order valence-corrected chi connectivity index (χ4v) is 3.12. The Balaban J connectivity index is 2.47. The van der Waals surface area contributed by atoms with Crippen molar-refractivity contribution < 1.29 is 0 Å². The Labute approximate surface area is 116 Å². The minimum Gasteiger partial charge on any atom is -0.270 e. The summed E-state index contributed by atoms with van der Waals surface area (Å²) < 4.78 is 1.90. The molecule has 0 saturated heterocycles. The van der Waals surface area contributed by atoms with Crippen molar-refractivity contribution in [2.45, 2.75) is 32.9 Å². The number of halogens is 1. The van der Waals surface area contributed by atoms with Crippen molar-refractivity contribution in [1.82, 2.24) is 15.2 Å². The van der Waals surface area contributed by atoms with Gasteiger partial charge in [-0.3, -0.25) is 10.5 Å². The lowest BCUT2D eigenvalue weighted by Crippen LogP contribution is -2.30. The van der Waals surface area contributed by atoms with Crippen LogP contribution in [0.2, 0.25) is 5.02 Å². The SMILES string of the molecule is Cc1ccc(C(NN)c2c(Cl)cnn2C(C)C)s1. The maximum Gasteiger partial charge on any atom is 0.0985 e. The second-order valence-electron chi connectivity index (χ2n) is 4.46. The van der Waals surface area contributed by atoms with Crippen LogP contribution in [0, 0.1) is 6.92 Å². The molecule has 4 nitrogen and oxygen atoms in total. The highest BCUT2D eigenvalue weighted by atomic mass is 35.5. The van der Waals surface area contributed by atoms with Crippen molar-refractivity contribution in [3.05, 3.63) is 38.8 Å². The highest BCUT2D eigenvalue weighted by Crippen LogP contribution is 2.32. The first kappa shape index (κ1) is 13.5. The Morgan fingerprint density at radius 3 is 2.67 bits per heavy atom. The Kier molecular flexibility index (Phi) is 4.07. The van der Waals surface area contributed by atoms with E-state index in [1.165, 1.54) is 4.88 Å². The van der Waals surface area contributed by atoms with E-state index in [9.17, 15) is 0 Å². The first-order valence-corrected chi connectivity index (χ1v) is 6.99. The molecule has 0 radical (unpaired) electrons. The van der Waals surface area contributed by atoms with Crippen LogP contribution in [0.4, 0.5) is 0 Å². The molecule has 0 fully saturated rings. The Hall–Kier alpha value is -0.880. The van der Waals surface area contributed by atoms with Gasteiger partial charge in [-0.05, 0) is 32.9 Å². The molecule has 0 spiro atoms. The topological polar surface area (TPSA) is 55.9 Å². The second-order valence-corrected chi connectivity index (χ2v) is 6.19. The van der Waals surface area contributed by atoms with Gasteiger partial charge in [-0.1, -0.05) is 11.6 Å². The van der Waals surface area contributed by atoms with Crippen LogP contribution < -0.4 is 11.3 Å². The van der Waals surface area contributed by atoms with Gasteiger partial charge in [-0.2, -0.15) is 5.10 Å². The Bertz CT molecular complexity index is 532. The Morgan fingerprint density at radius 1 is 1.44 bits per heavy atom. The van der Waals surface area contributed by atoms with Gasteiger partial charge in [0.05, 0.1) is 23.0 Å². The van der Waals surface area contributed by atoms with E-state index < -0.39 is 0 Å². The average molecular weight is 285 g/mol. The van der Waals surface area contributed by atoms with Gasteiger partial charge >= 0.3 is 0 Å². The molecule has 0 amide bonds. The summed E-state index contributed by atoms with van der Waals surface area (Å²) in [4.78, 5) is 2.39. The molecule has 0 bridgehead atoms. The molecular formula is C12H17ClN4S. The van der Waals surface area contributed by atoms with Crippen LogP contribution >= 0.6 is 22.9 Å². The van der Waals surface area contributed by atoms with E-state index in [0.29, 0.717) is 5.02 Å². The van der Waals surface area contributed by atoms with Gasteiger partial charge in [0.2, 0.25) is 0 Å². The minimum absolute atomic E-state index is 0.124. The lowest BCUT2D eigenvalue weighted by Gasteiger charge is -2.19. The van der Waals surface area contributed by atoms with Crippen molar-refractivity contribution in [2.75, 3.05) is 0 Å². The third-order valence-corrected chi connectivity index (χ3v) is 4.12. The Morgan fingerprint density at radius 2 is 2.17 bits per heavy atom. The molecule has 0 aromatic carbocycles. The van der Waals surface area contributed by atoms with Crippen molar-refractivity contribution in [2.24, 2.45) is 5.84 Å². The van der Waals surface area contributed by atoms with Crippen molar-refractivity contribution >= 4 is 22.9 Å². The van der Waals surface area contributed by atoms with Crippen molar-refractivity contribution in [3.63, 3.8) is 0 Å². The van der Waals surface area contributed by atoms with Crippen LogP contribution in [0.3, 0.4) is 0 Å². The third-order valence-electron chi connectivity index (χ3n) is 2.76. The van der Waals surface area contributed by atoms with E-state index in [0.717, 1.165) is 10.6 Å². The van der Waals surface area contributed by atoms with E-state index >= 15 is 0 Å². The van der Waals surface area contributed by atoms with Crippen LogP contribution in [0.1, 0.15) is 41.4 Å². The van der Waals surface area contributed by atoms with E-state index in [-0.39, 0.29) is 12.1 Å². The van der Waals surface area contributed by atoms with Crippen LogP contribution in [0.5, 0.6) is 0 Å². The summed E-state index contributed by atoms with van der Waals surface area (Å²) in [5.74, 6) is 5.70. The second kappa shape index (κ2) is 5.40. The highest BCUT2D eigenvalue weighted by molar-refractivity contribution is 7.12. The molecule has 0 aliphatic rings. The molecule has 1 unspecified atom stereocenters. The number of hydrazine groups is 1. The predicted octanol–water partition coefficient (Wildman–Crippen LogP) is 3.04. The minimum atomic E-state index is -0.124. The number of aromatic nitrogens is 2. The first-order chi connectivity index (χ1) is 8.54. The smallest absolute Gasteiger partial charge is 0.0985 e. The molecule has 18 heavy (non-hydrogen) atoms. The summed E-state index contributed by atoms with van der Waals surface area (Å²) in [6.45, 7) is 6.21. The number of hydrogen-bond donors (Lipinski definition) is 2. The van der Waals surface area contributed by atoms with E-state index in [1.807, 2.05) is 4.68 Å². The molecule has 0 aliphatic heterocycles. The molecule has 2 aromatic rings. The van der Waals surface area contributed by atoms with E-state index in [1.54, 1.807) is 17.5 Å². The fourth-order valence-electron chi connectivity index (χ4n) is 1.94. The summed E-state index contributed by atoms with van der Waals surface area (Å²) in [6, 6.07) is 4.26. The van der Waals surface area contributed by atoms with Gasteiger partial charge < -0.3 is 0 Å². The van der Waals surface area contributed by atoms with Crippen molar-refractivity contribution in [3.8, 4) is 0 Å². The number of hydrogen-bond acceptors (Lipinski definition) is 4. The zero-order chi connectivity index (χ0) is 13.3. The molecule has 98 valence electrons. The number of nitrogens with zero attached hydrogens (tertiary/aromatic N) is 2. The van der Waals surface area contributed by atoms with Gasteiger partial charge in [-0.15, -0.1) is 11.3 Å². The first-order valence-electron chi connectivity index (χ1n) is 5.80. The summed E-state index contributed by atoms with van der Waals surface area (Å²) in [5, 5.41) is 4.95. The number of nitrogens with two attached hydrogens (primary N) is 1. The average Bonchev–Trinajstić information content (AvgIpc) is 2.88. The molecule has 1 atom stereocenters. The molecule has 2 rings (SSSR count). The number of aryl methyl sites for hydroxylation is 1. The largest absolute Gasteiger partial charge is 0.270 e. The van der Waals surface area contributed by atoms with Crippen LogP contribution in [0.15, 0.2) is 18.3 Å². The number of thiophene rings is 1. The van der Waals surface area contributed by atoms with Gasteiger partial charge in [0.1, 0.15) is 0 Å². The number of nitrogens with one attached hydrogen (secondary N) is 1. The summed E-state index contributed by atoms with van der Waals surface area (Å²) >= 11 is 7.95. The monoisotopic (exact) mass is 284 g/mol. The quantitative estimate of drug-likeness (QED) is 0.670. The lowest BCUT2D eigenvalue weighted by atomic mass is 10.1. The standard InChI is InChI=1S/C12H17ClN4S/c1-7(2)17-12(9(13)6-15-17)11(16-14)10-5-4-8(3)18-10/h4-7,11,16H,14H2,1-3H3.